The first kappa shape index (κ1) is 18.0. The third-order valence-corrected chi connectivity index (χ3v) is 5.12. The third-order valence-electron chi connectivity index (χ3n) is 5.12. The fourth-order valence-electron chi connectivity index (χ4n) is 3.61. The smallest absolute Gasteiger partial charge is 0.257 e. The van der Waals surface area contributed by atoms with E-state index < -0.39 is 0 Å². The number of piperidine rings is 1. The zero-order valence-electron chi connectivity index (χ0n) is 15.8. The summed E-state index contributed by atoms with van der Waals surface area (Å²) in [5.74, 6) is 0.618. The van der Waals surface area contributed by atoms with Gasteiger partial charge < -0.3 is 21.1 Å². The molecule has 3 heterocycles. The minimum absolute atomic E-state index is 0.0487. The number of rotatable bonds is 3. The zero-order chi connectivity index (χ0) is 19.7. The SMILES string of the molecule is COc1ncc(-c2ccc3nc(N)c(C(=O)N4CCCCC4)cc3c2)cc1N. The lowest BCUT2D eigenvalue weighted by Crippen LogP contribution is -2.36. The van der Waals surface area contributed by atoms with E-state index in [1.54, 1.807) is 6.20 Å². The number of methoxy groups -OCH3 is 1. The summed E-state index contributed by atoms with van der Waals surface area (Å²) in [5, 5.41) is 0.849. The molecule has 144 valence electrons. The Morgan fingerprint density at radius 1 is 1.07 bits per heavy atom. The third kappa shape index (κ3) is 3.31. The number of carbonyl (C=O) groups excluding carboxylic acids is 1. The number of amides is 1. The summed E-state index contributed by atoms with van der Waals surface area (Å²) >= 11 is 0. The predicted octanol–water partition coefficient (Wildman–Crippen LogP) is 3.10. The maximum atomic E-state index is 12.9. The molecule has 0 saturated carbocycles. The number of nitrogens with two attached hydrogens (primary N) is 2. The number of nitrogen functional groups attached to an aromatic ring is 2. The minimum atomic E-state index is -0.0487. The van der Waals surface area contributed by atoms with E-state index in [2.05, 4.69) is 9.97 Å². The maximum Gasteiger partial charge on any atom is 0.257 e. The van der Waals surface area contributed by atoms with Crippen LogP contribution in [0.4, 0.5) is 11.5 Å². The summed E-state index contributed by atoms with van der Waals surface area (Å²) in [6.07, 6.45) is 4.93. The highest BCUT2D eigenvalue weighted by Crippen LogP contribution is 2.29. The molecule has 3 aromatic rings. The van der Waals surface area contributed by atoms with Gasteiger partial charge in [0.1, 0.15) is 5.82 Å². The van der Waals surface area contributed by atoms with Gasteiger partial charge in [-0.15, -0.1) is 0 Å². The van der Waals surface area contributed by atoms with Crippen LogP contribution in [-0.2, 0) is 0 Å². The maximum absolute atomic E-state index is 12.9. The molecule has 4 rings (SSSR count). The highest BCUT2D eigenvalue weighted by molar-refractivity contribution is 6.02. The van der Waals surface area contributed by atoms with Crippen molar-refractivity contribution in [1.29, 1.82) is 0 Å². The van der Waals surface area contributed by atoms with E-state index >= 15 is 0 Å². The highest BCUT2D eigenvalue weighted by Gasteiger charge is 2.21. The van der Waals surface area contributed by atoms with Crippen molar-refractivity contribution in [3.8, 4) is 17.0 Å². The molecule has 7 heteroatoms. The fraction of sp³-hybridized carbons (Fsp3) is 0.286. The molecule has 0 atom stereocenters. The lowest BCUT2D eigenvalue weighted by atomic mass is 10.0. The Hall–Kier alpha value is -3.35. The number of aromatic nitrogens is 2. The van der Waals surface area contributed by atoms with Crippen LogP contribution < -0.4 is 16.2 Å². The second kappa shape index (κ2) is 7.34. The van der Waals surface area contributed by atoms with Crippen molar-refractivity contribution in [1.82, 2.24) is 14.9 Å². The molecule has 0 aliphatic carbocycles. The van der Waals surface area contributed by atoms with Crippen molar-refractivity contribution in [3.05, 3.63) is 42.1 Å². The normalized spacial score (nSPS) is 14.2. The number of hydrogen-bond acceptors (Lipinski definition) is 6. The lowest BCUT2D eigenvalue weighted by molar-refractivity contribution is 0.0725. The van der Waals surface area contributed by atoms with E-state index in [0.29, 0.717) is 17.1 Å². The van der Waals surface area contributed by atoms with Crippen LogP contribution in [0, 0.1) is 0 Å². The molecular weight excluding hydrogens is 354 g/mol. The van der Waals surface area contributed by atoms with Gasteiger partial charge in [0.05, 0.1) is 23.9 Å². The van der Waals surface area contributed by atoms with E-state index in [-0.39, 0.29) is 11.7 Å². The molecule has 1 aliphatic rings. The van der Waals surface area contributed by atoms with Gasteiger partial charge in [-0.1, -0.05) is 6.07 Å². The van der Waals surface area contributed by atoms with Gasteiger partial charge in [0.15, 0.2) is 0 Å². The van der Waals surface area contributed by atoms with E-state index in [0.717, 1.165) is 54.4 Å². The van der Waals surface area contributed by atoms with E-state index in [1.165, 1.54) is 7.11 Å². The molecule has 1 aliphatic heterocycles. The van der Waals surface area contributed by atoms with Gasteiger partial charge in [0.25, 0.3) is 5.91 Å². The Kier molecular flexibility index (Phi) is 4.73. The van der Waals surface area contributed by atoms with Gasteiger partial charge in [0, 0.05) is 30.2 Å². The van der Waals surface area contributed by atoms with Gasteiger partial charge >= 0.3 is 0 Å². The second-order valence-corrected chi connectivity index (χ2v) is 7.00. The molecule has 1 saturated heterocycles. The molecule has 0 bridgehead atoms. The van der Waals surface area contributed by atoms with Crippen molar-refractivity contribution in [2.45, 2.75) is 19.3 Å². The molecule has 1 fully saturated rings. The van der Waals surface area contributed by atoms with E-state index in [1.807, 2.05) is 35.2 Å². The molecule has 28 heavy (non-hydrogen) atoms. The first-order valence-electron chi connectivity index (χ1n) is 9.36. The van der Waals surface area contributed by atoms with Crippen LogP contribution in [0.25, 0.3) is 22.0 Å². The summed E-state index contributed by atoms with van der Waals surface area (Å²) in [4.78, 5) is 23.4. The number of ether oxygens (including phenoxy) is 1. The lowest BCUT2D eigenvalue weighted by Gasteiger charge is -2.27. The monoisotopic (exact) mass is 377 g/mol. The summed E-state index contributed by atoms with van der Waals surface area (Å²) in [7, 11) is 1.53. The average Bonchev–Trinajstić information content (AvgIpc) is 2.73. The molecule has 0 spiro atoms. The molecular formula is C21H23N5O2. The summed E-state index contributed by atoms with van der Waals surface area (Å²) < 4.78 is 5.12. The number of nitrogens with zero attached hydrogens (tertiary/aromatic N) is 3. The van der Waals surface area contributed by atoms with Crippen LogP contribution in [0.3, 0.4) is 0 Å². The van der Waals surface area contributed by atoms with Gasteiger partial charge in [-0.05, 0) is 49.1 Å². The van der Waals surface area contributed by atoms with Gasteiger partial charge in [-0.3, -0.25) is 4.79 Å². The number of benzene rings is 1. The summed E-state index contributed by atoms with van der Waals surface area (Å²) in [5.41, 5.74) is 15.5. The van der Waals surface area contributed by atoms with Crippen LogP contribution in [-0.4, -0.2) is 41.0 Å². The average molecular weight is 377 g/mol. The number of carbonyl (C=O) groups is 1. The van der Waals surface area contributed by atoms with Crippen molar-refractivity contribution in [2.24, 2.45) is 0 Å². The molecule has 0 unspecified atom stereocenters. The number of pyridine rings is 2. The molecule has 1 aromatic carbocycles. The quantitative estimate of drug-likeness (QED) is 0.726. The van der Waals surface area contributed by atoms with Crippen LogP contribution >= 0.6 is 0 Å². The Bertz CT molecular complexity index is 1040. The van der Waals surface area contributed by atoms with Crippen molar-refractivity contribution < 1.29 is 9.53 Å². The summed E-state index contributed by atoms with van der Waals surface area (Å²) in [6.45, 7) is 1.54. The Balaban J connectivity index is 1.73. The van der Waals surface area contributed by atoms with Crippen LogP contribution in [0.5, 0.6) is 5.88 Å². The van der Waals surface area contributed by atoms with E-state index in [4.69, 9.17) is 16.2 Å². The standard InChI is InChI=1S/C21H23N5O2/c1-28-20-17(22)11-15(12-24-20)13-5-6-18-14(9-13)10-16(19(23)25-18)21(27)26-7-3-2-4-8-26/h5-6,9-12H,2-4,7-8,22H2,1H3,(H2,23,25). The van der Waals surface area contributed by atoms with Crippen LogP contribution in [0.15, 0.2) is 36.5 Å². The number of likely N-dealkylation sites (tertiary alicyclic amines) is 1. The van der Waals surface area contributed by atoms with Crippen LogP contribution in [0.2, 0.25) is 0 Å². The highest BCUT2D eigenvalue weighted by atomic mass is 16.5. The largest absolute Gasteiger partial charge is 0.480 e. The second-order valence-electron chi connectivity index (χ2n) is 7.00. The fourth-order valence-corrected chi connectivity index (χ4v) is 3.61. The van der Waals surface area contributed by atoms with Crippen LogP contribution in [0.1, 0.15) is 29.6 Å². The van der Waals surface area contributed by atoms with Gasteiger partial charge in [-0.25, -0.2) is 9.97 Å². The molecule has 7 nitrogen and oxygen atoms in total. The van der Waals surface area contributed by atoms with E-state index in [9.17, 15) is 4.79 Å². The van der Waals surface area contributed by atoms with Crippen molar-refractivity contribution in [2.75, 3.05) is 31.7 Å². The topological polar surface area (TPSA) is 107 Å². The van der Waals surface area contributed by atoms with Gasteiger partial charge in [-0.2, -0.15) is 0 Å². The predicted molar refractivity (Wildman–Crippen MR) is 110 cm³/mol. The molecule has 0 radical (unpaired) electrons. The minimum Gasteiger partial charge on any atom is -0.480 e. The number of anilines is 2. The van der Waals surface area contributed by atoms with Gasteiger partial charge in [0.2, 0.25) is 5.88 Å². The van der Waals surface area contributed by atoms with Crippen molar-refractivity contribution in [3.63, 3.8) is 0 Å². The Morgan fingerprint density at radius 2 is 1.86 bits per heavy atom. The Morgan fingerprint density at radius 3 is 2.57 bits per heavy atom. The molecule has 2 aromatic heterocycles. The summed E-state index contributed by atoms with van der Waals surface area (Å²) in [6, 6.07) is 9.44. The zero-order valence-corrected chi connectivity index (χ0v) is 15.8. The molecule has 1 amide bonds. The van der Waals surface area contributed by atoms with Crippen molar-refractivity contribution >= 4 is 28.3 Å². The Labute approximate surface area is 163 Å². The first-order valence-corrected chi connectivity index (χ1v) is 9.36. The molecule has 4 N–H and O–H groups in total. The number of hydrogen-bond donors (Lipinski definition) is 2. The number of fused-ring (bicyclic) bond motifs is 1. The first-order chi connectivity index (χ1) is 13.6.